The summed E-state index contributed by atoms with van der Waals surface area (Å²) in [5, 5.41) is 9.70. The molecular weight excluding hydrogens is 166 g/mol. The Morgan fingerprint density at radius 2 is 2.31 bits per heavy atom. The summed E-state index contributed by atoms with van der Waals surface area (Å²) >= 11 is 0. The summed E-state index contributed by atoms with van der Waals surface area (Å²) in [6.07, 6.45) is 1.67. The van der Waals surface area contributed by atoms with E-state index in [4.69, 9.17) is 5.73 Å². The molecule has 0 saturated carbocycles. The van der Waals surface area contributed by atoms with Crippen molar-refractivity contribution in [2.24, 2.45) is 5.73 Å². The van der Waals surface area contributed by atoms with Crippen molar-refractivity contribution in [3.8, 4) is 0 Å². The van der Waals surface area contributed by atoms with Crippen LogP contribution < -0.4 is 5.73 Å². The van der Waals surface area contributed by atoms with Gasteiger partial charge in [0.15, 0.2) is 0 Å². The highest BCUT2D eigenvalue weighted by molar-refractivity contribution is 5.07. The molecule has 4 heteroatoms. The lowest BCUT2D eigenvalue weighted by molar-refractivity contribution is 0.139. The first-order valence-electron chi connectivity index (χ1n) is 4.38. The second-order valence-corrected chi connectivity index (χ2v) is 3.05. The van der Waals surface area contributed by atoms with Gasteiger partial charge in [0.1, 0.15) is 11.9 Å². The fourth-order valence-electron chi connectivity index (χ4n) is 1.08. The molecule has 3 N–H and O–H groups in total. The third kappa shape index (κ3) is 2.47. The average Bonchev–Trinajstić information content (AvgIpc) is 2.15. The molecule has 0 aliphatic carbocycles. The molecule has 1 aromatic rings. The van der Waals surface area contributed by atoms with Crippen molar-refractivity contribution >= 4 is 0 Å². The van der Waals surface area contributed by atoms with Crippen LogP contribution in [0.4, 0.5) is 0 Å². The van der Waals surface area contributed by atoms with Crippen molar-refractivity contribution < 1.29 is 5.11 Å². The van der Waals surface area contributed by atoms with Gasteiger partial charge in [0.25, 0.3) is 0 Å². The first-order chi connectivity index (χ1) is 6.15. The smallest absolute Gasteiger partial charge is 0.125 e. The normalized spacial score (nSPS) is 15.4. The van der Waals surface area contributed by atoms with Gasteiger partial charge in [0.2, 0.25) is 0 Å². The maximum absolute atomic E-state index is 9.70. The van der Waals surface area contributed by atoms with Crippen molar-refractivity contribution in [1.82, 2.24) is 9.97 Å². The van der Waals surface area contributed by atoms with Crippen LogP contribution in [0.2, 0.25) is 0 Å². The maximum atomic E-state index is 9.70. The molecule has 0 aliphatic heterocycles. The second-order valence-electron chi connectivity index (χ2n) is 3.05. The predicted octanol–water partition coefficient (Wildman–Crippen LogP) is 0.556. The molecule has 2 atom stereocenters. The Morgan fingerprint density at radius 3 is 2.85 bits per heavy atom. The van der Waals surface area contributed by atoms with E-state index in [9.17, 15) is 5.11 Å². The topological polar surface area (TPSA) is 72.0 Å². The van der Waals surface area contributed by atoms with E-state index < -0.39 is 6.10 Å². The van der Waals surface area contributed by atoms with Gasteiger partial charge >= 0.3 is 0 Å². The van der Waals surface area contributed by atoms with Crippen molar-refractivity contribution in [3.63, 3.8) is 0 Å². The Labute approximate surface area is 77.8 Å². The van der Waals surface area contributed by atoms with E-state index in [1.807, 2.05) is 6.92 Å². The molecule has 13 heavy (non-hydrogen) atoms. The van der Waals surface area contributed by atoms with Crippen LogP contribution in [0.1, 0.15) is 31.0 Å². The third-order valence-electron chi connectivity index (χ3n) is 1.98. The van der Waals surface area contributed by atoms with Crippen molar-refractivity contribution in [1.29, 1.82) is 0 Å². The summed E-state index contributed by atoms with van der Waals surface area (Å²) in [6.45, 7) is 3.72. The highest BCUT2D eigenvalue weighted by Crippen LogP contribution is 2.14. The van der Waals surface area contributed by atoms with Gasteiger partial charge in [0, 0.05) is 12.2 Å². The van der Waals surface area contributed by atoms with E-state index in [0.29, 0.717) is 11.5 Å². The monoisotopic (exact) mass is 181 g/mol. The Hall–Kier alpha value is -1.00. The molecule has 1 rings (SSSR count). The van der Waals surface area contributed by atoms with Crippen LogP contribution in [-0.2, 0) is 0 Å². The van der Waals surface area contributed by atoms with Crippen LogP contribution in [0.25, 0.3) is 0 Å². The van der Waals surface area contributed by atoms with E-state index in [1.165, 1.54) is 0 Å². The molecule has 0 radical (unpaired) electrons. The number of aliphatic hydroxyl groups is 1. The maximum Gasteiger partial charge on any atom is 0.125 e. The van der Waals surface area contributed by atoms with Gasteiger partial charge in [-0.25, -0.2) is 9.97 Å². The van der Waals surface area contributed by atoms with Crippen LogP contribution in [0.5, 0.6) is 0 Å². The zero-order valence-electron chi connectivity index (χ0n) is 7.94. The first kappa shape index (κ1) is 10.1. The number of rotatable bonds is 3. The van der Waals surface area contributed by atoms with Gasteiger partial charge in [-0.2, -0.15) is 0 Å². The minimum Gasteiger partial charge on any atom is -0.385 e. The van der Waals surface area contributed by atoms with Crippen LogP contribution in [0, 0.1) is 6.92 Å². The minimum atomic E-state index is -0.688. The van der Waals surface area contributed by atoms with Gasteiger partial charge in [-0.1, -0.05) is 6.92 Å². The quantitative estimate of drug-likeness (QED) is 0.714. The van der Waals surface area contributed by atoms with Crippen molar-refractivity contribution in [2.75, 3.05) is 0 Å². The lowest BCUT2D eigenvalue weighted by Crippen LogP contribution is -2.28. The van der Waals surface area contributed by atoms with Crippen molar-refractivity contribution in [3.05, 3.63) is 23.8 Å². The third-order valence-corrected chi connectivity index (χ3v) is 1.98. The molecule has 0 spiro atoms. The summed E-state index contributed by atoms with van der Waals surface area (Å²) in [5.74, 6) is 0.653. The SMILES string of the molecule is CCC(N)C(O)c1ccnc(C)n1. The second kappa shape index (κ2) is 4.30. The predicted molar refractivity (Wildman–Crippen MR) is 50.0 cm³/mol. The molecule has 0 aliphatic rings. The lowest BCUT2D eigenvalue weighted by atomic mass is 10.1. The van der Waals surface area contributed by atoms with Crippen LogP contribution in [0.15, 0.2) is 12.3 Å². The molecule has 0 amide bonds. The van der Waals surface area contributed by atoms with Gasteiger partial charge in [-0.05, 0) is 19.4 Å². The Bertz CT molecular complexity index is 277. The van der Waals surface area contributed by atoms with Crippen molar-refractivity contribution in [2.45, 2.75) is 32.4 Å². The standard InChI is InChI=1S/C9H15N3O/c1-3-7(10)9(13)8-4-5-11-6(2)12-8/h4-5,7,9,13H,3,10H2,1-2H3. The highest BCUT2D eigenvalue weighted by Gasteiger charge is 2.16. The molecule has 1 aromatic heterocycles. The molecule has 1 heterocycles. The first-order valence-corrected chi connectivity index (χ1v) is 4.38. The molecule has 0 fully saturated rings. The van der Waals surface area contributed by atoms with E-state index in [2.05, 4.69) is 9.97 Å². The summed E-state index contributed by atoms with van der Waals surface area (Å²) in [6, 6.07) is 1.43. The van der Waals surface area contributed by atoms with Crippen LogP contribution in [0.3, 0.4) is 0 Å². The lowest BCUT2D eigenvalue weighted by Gasteiger charge is -2.16. The molecule has 0 aromatic carbocycles. The molecule has 2 unspecified atom stereocenters. The van der Waals surface area contributed by atoms with E-state index >= 15 is 0 Å². The summed E-state index contributed by atoms with van der Waals surface area (Å²) in [7, 11) is 0. The summed E-state index contributed by atoms with van der Waals surface area (Å²) in [5.41, 5.74) is 6.29. The van der Waals surface area contributed by atoms with Crippen LogP contribution in [-0.4, -0.2) is 21.1 Å². The number of hydrogen-bond acceptors (Lipinski definition) is 4. The van der Waals surface area contributed by atoms with E-state index in [-0.39, 0.29) is 6.04 Å². The summed E-state index contributed by atoms with van der Waals surface area (Å²) < 4.78 is 0. The fourth-order valence-corrected chi connectivity index (χ4v) is 1.08. The Morgan fingerprint density at radius 1 is 1.62 bits per heavy atom. The Kier molecular flexibility index (Phi) is 3.33. The number of aromatic nitrogens is 2. The molecular formula is C9H15N3O. The summed E-state index contributed by atoms with van der Waals surface area (Å²) in [4.78, 5) is 8.05. The van der Waals surface area contributed by atoms with Crippen LogP contribution >= 0.6 is 0 Å². The van der Waals surface area contributed by atoms with Gasteiger partial charge in [-0.15, -0.1) is 0 Å². The van der Waals surface area contributed by atoms with Gasteiger partial charge in [-0.3, -0.25) is 0 Å². The van der Waals surface area contributed by atoms with Gasteiger partial charge in [0.05, 0.1) is 5.69 Å². The molecule has 0 saturated heterocycles. The zero-order chi connectivity index (χ0) is 9.84. The Balaban J connectivity index is 2.82. The number of aliphatic hydroxyl groups excluding tert-OH is 1. The number of aryl methyl sites for hydroxylation is 1. The largest absolute Gasteiger partial charge is 0.385 e. The number of hydrogen-bond donors (Lipinski definition) is 2. The number of nitrogens with two attached hydrogens (primary N) is 1. The molecule has 72 valence electrons. The highest BCUT2D eigenvalue weighted by atomic mass is 16.3. The zero-order valence-corrected chi connectivity index (χ0v) is 7.94. The van der Waals surface area contributed by atoms with E-state index in [0.717, 1.165) is 6.42 Å². The molecule has 0 bridgehead atoms. The molecule has 4 nitrogen and oxygen atoms in total. The minimum absolute atomic E-state index is 0.255. The number of nitrogens with zero attached hydrogens (tertiary/aromatic N) is 2. The van der Waals surface area contributed by atoms with Gasteiger partial charge < -0.3 is 10.8 Å². The van der Waals surface area contributed by atoms with E-state index in [1.54, 1.807) is 19.2 Å². The fraction of sp³-hybridized carbons (Fsp3) is 0.556. The average molecular weight is 181 g/mol.